The zero-order valence-corrected chi connectivity index (χ0v) is 8.86. The molecule has 5 heteroatoms. The number of aromatic amines is 1. The van der Waals surface area contributed by atoms with Gasteiger partial charge in [0.2, 0.25) is 5.91 Å². The Morgan fingerprint density at radius 1 is 1.73 bits per heavy atom. The Kier molecular flexibility index (Phi) is 3.01. The van der Waals surface area contributed by atoms with E-state index in [0.717, 1.165) is 25.2 Å². The third-order valence-corrected chi connectivity index (χ3v) is 2.76. The summed E-state index contributed by atoms with van der Waals surface area (Å²) in [5, 5.41) is 3.41. The maximum atomic E-state index is 11.3. The van der Waals surface area contributed by atoms with Crippen LogP contribution in [0.15, 0.2) is 12.5 Å². The summed E-state index contributed by atoms with van der Waals surface area (Å²) in [4.78, 5) is 20.0. The number of rotatable bonds is 3. The van der Waals surface area contributed by atoms with Crippen molar-refractivity contribution in [2.75, 3.05) is 13.6 Å². The van der Waals surface area contributed by atoms with E-state index >= 15 is 0 Å². The molecule has 1 aromatic heterocycles. The van der Waals surface area contributed by atoms with E-state index in [-0.39, 0.29) is 5.91 Å². The average Bonchev–Trinajstić information content (AvgIpc) is 2.73. The van der Waals surface area contributed by atoms with Gasteiger partial charge in [-0.15, -0.1) is 0 Å². The first kappa shape index (κ1) is 10.2. The van der Waals surface area contributed by atoms with E-state index < -0.39 is 0 Å². The van der Waals surface area contributed by atoms with Crippen molar-refractivity contribution in [3.8, 4) is 0 Å². The Morgan fingerprint density at radius 3 is 3.27 bits per heavy atom. The lowest BCUT2D eigenvalue weighted by molar-refractivity contribution is -0.132. The van der Waals surface area contributed by atoms with Gasteiger partial charge in [0.1, 0.15) is 0 Å². The van der Waals surface area contributed by atoms with Crippen LogP contribution in [0.5, 0.6) is 0 Å². The monoisotopic (exact) mass is 208 g/mol. The number of amides is 1. The van der Waals surface area contributed by atoms with Gasteiger partial charge in [-0.1, -0.05) is 0 Å². The summed E-state index contributed by atoms with van der Waals surface area (Å²) in [5.41, 5.74) is 1.08. The molecule has 2 N–H and O–H groups in total. The van der Waals surface area contributed by atoms with Gasteiger partial charge >= 0.3 is 0 Å². The molecule has 1 aliphatic heterocycles. The zero-order valence-electron chi connectivity index (χ0n) is 8.86. The third-order valence-electron chi connectivity index (χ3n) is 2.76. The van der Waals surface area contributed by atoms with Gasteiger partial charge in [-0.05, 0) is 6.42 Å². The number of hydrogen-bond acceptors (Lipinski definition) is 3. The summed E-state index contributed by atoms with van der Waals surface area (Å²) in [5.74, 6) is 0.245. The minimum atomic E-state index is 0.245. The van der Waals surface area contributed by atoms with E-state index in [1.807, 2.05) is 13.2 Å². The van der Waals surface area contributed by atoms with Crippen LogP contribution in [0.3, 0.4) is 0 Å². The number of aromatic nitrogens is 2. The molecule has 1 atom stereocenters. The fourth-order valence-corrected chi connectivity index (χ4v) is 1.81. The summed E-state index contributed by atoms with van der Waals surface area (Å²) in [7, 11) is 1.85. The van der Waals surface area contributed by atoms with Gasteiger partial charge in [0, 0.05) is 44.5 Å². The zero-order chi connectivity index (χ0) is 10.7. The molecule has 2 rings (SSSR count). The number of likely N-dealkylation sites (tertiary alicyclic amines) is 1. The number of hydrogen-bond donors (Lipinski definition) is 2. The summed E-state index contributed by atoms with van der Waals surface area (Å²) >= 11 is 0. The molecule has 1 aliphatic rings. The standard InChI is InChI=1S/C10H16N4O/c1-14-6-8(2-3-10(14)15)12-5-9-4-11-7-13-9/h4,7-8,12H,2-3,5-6H2,1H3,(H,11,13). The van der Waals surface area contributed by atoms with Crippen molar-refractivity contribution in [1.29, 1.82) is 0 Å². The lowest BCUT2D eigenvalue weighted by atomic mass is 10.1. The Labute approximate surface area is 88.9 Å². The third kappa shape index (κ3) is 2.56. The quantitative estimate of drug-likeness (QED) is 0.741. The van der Waals surface area contributed by atoms with E-state index in [4.69, 9.17) is 0 Å². The van der Waals surface area contributed by atoms with Crippen molar-refractivity contribution in [1.82, 2.24) is 20.2 Å². The number of nitrogens with one attached hydrogen (secondary N) is 2. The molecular weight excluding hydrogens is 192 g/mol. The van der Waals surface area contributed by atoms with Crippen molar-refractivity contribution in [2.24, 2.45) is 0 Å². The van der Waals surface area contributed by atoms with Crippen LogP contribution in [0.1, 0.15) is 18.5 Å². The molecule has 82 valence electrons. The molecule has 1 unspecified atom stereocenters. The highest BCUT2D eigenvalue weighted by atomic mass is 16.2. The molecule has 1 amide bonds. The van der Waals surface area contributed by atoms with Gasteiger partial charge in [0.25, 0.3) is 0 Å². The molecule has 0 bridgehead atoms. The predicted molar refractivity (Wildman–Crippen MR) is 56.1 cm³/mol. The van der Waals surface area contributed by atoms with Crippen LogP contribution < -0.4 is 5.32 Å². The Balaban J connectivity index is 1.78. The summed E-state index contributed by atoms with van der Waals surface area (Å²) in [6.07, 6.45) is 5.06. The number of carbonyl (C=O) groups is 1. The second-order valence-corrected chi connectivity index (χ2v) is 3.97. The van der Waals surface area contributed by atoms with Crippen LogP contribution in [0.25, 0.3) is 0 Å². The number of carbonyl (C=O) groups excluding carboxylic acids is 1. The minimum Gasteiger partial charge on any atom is -0.347 e. The van der Waals surface area contributed by atoms with E-state index in [9.17, 15) is 4.79 Å². The molecule has 1 aromatic rings. The molecule has 1 fully saturated rings. The second kappa shape index (κ2) is 4.44. The van der Waals surface area contributed by atoms with Gasteiger partial charge in [-0.3, -0.25) is 4.79 Å². The molecular formula is C10H16N4O. The fraction of sp³-hybridized carbons (Fsp3) is 0.600. The summed E-state index contributed by atoms with van der Waals surface area (Å²) < 4.78 is 0. The van der Waals surface area contributed by atoms with Gasteiger partial charge in [0.15, 0.2) is 0 Å². The highest BCUT2D eigenvalue weighted by molar-refractivity contribution is 5.76. The Hall–Kier alpha value is -1.36. The summed E-state index contributed by atoms with van der Waals surface area (Å²) in [6.45, 7) is 1.58. The maximum absolute atomic E-state index is 11.3. The number of piperidine rings is 1. The molecule has 15 heavy (non-hydrogen) atoms. The normalized spacial score (nSPS) is 22.1. The Bertz CT molecular complexity index is 322. The van der Waals surface area contributed by atoms with E-state index in [0.29, 0.717) is 12.5 Å². The van der Waals surface area contributed by atoms with Crippen molar-refractivity contribution in [3.63, 3.8) is 0 Å². The largest absolute Gasteiger partial charge is 0.347 e. The van der Waals surface area contributed by atoms with Gasteiger partial charge in [-0.25, -0.2) is 4.98 Å². The maximum Gasteiger partial charge on any atom is 0.222 e. The van der Waals surface area contributed by atoms with E-state index in [2.05, 4.69) is 15.3 Å². The SMILES string of the molecule is CN1CC(NCc2cnc[nH]2)CCC1=O. The number of nitrogens with zero attached hydrogens (tertiary/aromatic N) is 2. The fourth-order valence-electron chi connectivity index (χ4n) is 1.81. The van der Waals surface area contributed by atoms with E-state index in [1.54, 1.807) is 11.2 Å². The molecule has 0 aliphatic carbocycles. The van der Waals surface area contributed by atoms with Gasteiger partial charge in [0.05, 0.1) is 6.33 Å². The van der Waals surface area contributed by atoms with Crippen molar-refractivity contribution >= 4 is 5.91 Å². The molecule has 0 spiro atoms. The van der Waals surface area contributed by atoms with Crippen LogP contribution in [-0.2, 0) is 11.3 Å². The van der Waals surface area contributed by atoms with Crippen molar-refractivity contribution in [3.05, 3.63) is 18.2 Å². The van der Waals surface area contributed by atoms with Crippen LogP contribution in [0.2, 0.25) is 0 Å². The lowest BCUT2D eigenvalue weighted by Gasteiger charge is -2.30. The van der Waals surface area contributed by atoms with Crippen molar-refractivity contribution < 1.29 is 4.79 Å². The van der Waals surface area contributed by atoms with Gasteiger partial charge < -0.3 is 15.2 Å². The first-order valence-electron chi connectivity index (χ1n) is 5.20. The highest BCUT2D eigenvalue weighted by Gasteiger charge is 2.22. The first-order valence-corrected chi connectivity index (χ1v) is 5.20. The molecule has 0 aromatic carbocycles. The molecule has 0 saturated carbocycles. The van der Waals surface area contributed by atoms with Crippen LogP contribution in [-0.4, -0.2) is 40.4 Å². The molecule has 0 radical (unpaired) electrons. The lowest BCUT2D eigenvalue weighted by Crippen LogP contribution is -2.46. The van der Waals surface area contributed by atoms with Crippen molar-refractivity contribution in [2.45, 2.75) is 25.4 Å². The summed E-state index contributed by atoms with van der Waals surface area (Å²) in [6, 6.07) is 0.399. The first-order chi connectivity index (χ1) is 7.25. The number of likely N-dealkylation sites (N-methyl/N-ethyl adjacent to an activating group) is 1. The predicted octanol–water partition coefficient (Wildman–Crippen LogP) is 0.120. The molecule has 1 saturated heterocycles. The highest BCUT2D eigenvalue weighted by Crippen LogP contribution is 2.09. The second-order valence-electron chi connectivity index (χ2n) is 3.97. The average molecular weight is 208 g/mol. The van der Waals surface area contributed by atoms with Gasteiger partial charge in [-0.2, -0.15) is 0 Å². The topological polar surface area (TPSA) is 61.0 Å². The van der Waals surface area contributed by atoms with E-state index in [1.165, 1.54) is 0 Å². The van der Waals surface area contributed by atoms with Crippen LogP contribution in [0, 0.1) is 0 Å². The molecule has 2 heterocycles. The minimum absolute atomic E-state index is 0.245. The van der Waals surface area contributed by atoms with Crippen LogP contribution in [0.4, 0.5) is 0 Å². The smallest absolute Gasteiger partial charge is 0.222 e. The molecule has 5 nitrogen and oxygen atoms in total. The van der Waals surface area contributed by atoms with Crippen LogP contribution >= 0.6 is 0 Å². The number of H-pyrrole nitrogens is 1. The Morgan fingerprint density at radius 2 is 2.60 bits per heavy atom. The number of imidazole rings is 1.